The van der Waals surface area contributed by atoms with Crippen molar-refractivity contribution in [3.8, 4) is 0 Å². The van der Waals surface area contributed by atoms with Gasteiger partial charge in [0.2, 0.25) is 10.0 Å². The molecular formula is C11H14Cl2N2O2S2. The maximum Gasteiger partial charge on any atom is 0.242 e. The lowest BCUT2D eigenvalue weighted by Gasteiger charge is -2.13. The summed E-state index contributed by atoms with van der Waals surface area (Å²) in [6.45, 7) is 0.409. The van der Waals surface area contributed by atoms with Gasteiger partial charge >= 0.3 is 0 Å². The second-order valence-corrected chi connectivity index (χ2v) is 8.19. The SMILES string of the molecule is Nc1c(Cl)ccc(S(=O)(=O)NCC2CCCS2)c1Cl. The van der Waals surface area contributed by atoms with E-state index in [4.69, 9.17) is 28.9 Å². The molecule has 1 atom stereocenters. The molecule has 0 aromatic heterocycles. The molecule has 1 aromatic rings. The molecule has 4 nitrogen and oxygen atoms in total. The topological polar surface area (TPSA) is 72.2 Å². The van der Waals surface area contributed by atoms with Gasteiger partial charge in [0.05, 0.1) is 15.7 Å². The molecule has 1 saturated heterocycles. The van der Waals surface area contributed by atoms with Gasteiger partial charge in [-0.15, -0.1) is 0 Å². The van der Waals surface area contributed by atoms with Gasteiger partial charge in [0.15, 0.2) is 0 Å². The second-order valence-electron chi connectivity index (χ2n) is 4.26. The molecule has 1 aliphatic heterocycles. The highest BCUT2D eigenvalue weighted by Crippen LogP contribution is 2.33. The molecule has 3 N–H and O–H groups in total. The molecule has 0 amide bonds. The van der Waals surface area contributed by atoms with Crippen molar-refractivity contribution in [2.45, 2.75) is 23.0 Å². The van der Waals surface area contributed by atoms with Crippen molar-refractivity contribution in [1.82, 2.24) is 4.72 Å². The molecule has 8 heteroatoms. The van der Waals surface area contributed by atoms with Crippen LogP contribution in [0.2, 0.25) is 10.0 Å². The van der Waals surface area contributed by atoms with Crippen molar-refractivity contribution in [3.63, 3.8) is 0 Å². The Morgan fingerprint density at radius 2 is 2.16 bits per heavy atom. The molecule has 2 rings (SSSR count). The fourth-order valence-corrected chi connectivity index (χ4v) is 4.99. The Hall–Kier alpha value is -0.140. The number of nitrogens with one attached hydrogen (secondary N) is 1. The van der Waals surface area contributed by atoms with E-state index >= 15 is 0 Å². The zero-order chi connectivity index (χ0) is 14.0. The first-order chi connectivity index (χ1) is 8.92. The second kappa shape index (κ2) is 6.10. The minimum Gasteiger partial charge on any atom is -0.396 e. The zero-order valence-corrected chi connectivity index (χ0v) is 13.2. The normalized spacial score (nSPS) is 19.8. The fourth-order valence-electron chi connectivity index (χ4n) is 1.84. The number of anilines is 1. The van der Waals surface area contributed by atoms with Crippen molar-refractivity contribution >= 4 is 50.7 Å². The third kappa shape index (κ3) is 3.49. The molecule has 1 aliphatic rings. The molecule has 0 radical (unpaired) electrons. The quantitative estimate of drug-likeness (QED) is 0.826. The molecule has 1 fully saturated rings. The Kier molecular flexibility index (Phi) is 4.89. The van der Waals surface area contributed by atoms with Gasteiger partial charge < -0.3 is 5.73 Å². The Morgan fingerprint density at radius 3 is 2.79 bits per heavy atom. The van der Waals surface area contributed by atoms with E-state index in [0.29, 0.717) is 11.8 Å². The maximum absolute atomic E-state index is 12.2. The van der Waals surface area contributed by atoms with E-state index in [1.807, 2.05) is 0 Å². The standard InChI is InChI=1S/C11H14Cl2N2O2S2/c12-8-3-4-9(10(13)11(8)14)19(16,17)15-6-7-2-1-5-18-7/h3-4,7,15H,1-2,5-6,14H2. The van der Waals surface area contributed by atoms with Crippen LogP contribution < -0.4 is 10.5 Å². The van der Waals surface area contributed by atoms with Crippen molar-refractivity contribution in [2.75, 3.05) is 18.0 Å². The van der Waals surface area contributed by atoms with Crippen molar-refractivity contribution in [2.24, 2.45) is 0 Å². The average molecular weight is 341 g/mol. The number of nitrogen functional groups attached to an aromatic ring is 1. The molecule has 1 unspecified atom stereocenters. The summed E-state index contributed by atoms with van der Waals surface area (Å²) in [5.74, 6) is 1.08. The van der Waals surface area contributed by atoms with Crippen LogP contribution in [0.5, 0.6) is 0 Å². The van der Waals surface area contributed by atoms with Crippen LogP contribution in [0.1, 0.15) is 12.8 Å². The van der Waals surface area contributed by atoms with Crippen molar-refractivity contribution < 1.29 is 8.42 Å². The monoisotopic (exact) mass is 340 g/mol. The van der Waals surface area contributed by atoms with E-state index in [2.05, 4.69) is 4.72 Å². The highest BCUT2D eigenvalue weighted by Gasteiger charge is 2.23. The molecule has 0 aliphatic carbocycles. The van der Waals surface area contributed by atoms with E-state index in [-0.39, 0.29) is 20.6 Å². The third-order valence-electron chi connectivity index (χ3n) is 2.91. The number of nitrogens with two attached hydrogens (primary N) is 1. The van der Waals surface area contributed by atoms with E-state index in [9.17, 15) is 8.42 Å². The van der Waals surface area contributed by atoms with Crippen LogP contribution >= 0.6 is 35.0 Å². The maximum atomic E-state index is 12.2. The molecule has 106 valence electrons. The molecule has 19 heavy (non-hydrogen) atoms. The summed E-state index contributed by atoms with van der Waals surface area (Å²) in [6.07, 6.45) is 2.16. The van der Waals surface area contributed by atoms with E-state index < -0.39 is 10.0 Å². The summed E-state index contributed by atoms with van der Waals surface area (Å²) >= 11 is 13.5. The van der Waals surface area contributed by atoms with E-state index in [0.717, 1.165) is 18.6 Å². The lowest BCUT2D eigenvalue weighted by molar-refractivity contribution is 0.579. The Balaban J connectivity index is 2.17. The van der Waals surface area contributed by atoms with Crippen LogP contribution in [0.25, 0.3) is 0 Å². The van der Waals surface area contributed by atoms with Crippen molar-refractivity contribution in [1.29, 1.82) is 0 Å². The largest absolute Gasteiger partial charge is 0.396 e. The first kappa shape index (κ1) is 15.3. The summed E-state index contributed by atoms with van der Waals surface area (Å²) in [5, 5.41) is 0.549. The molecule has 0 saturated carbocycles. The summed E-state index contributed by atoms with van der Waals surface area (Å²) in [5.41, 5.74) is 5.72. The molecular weight excluding hydrogens is 327 g/mol. The van der Waals surface area contributed by atoms with Gasteiger partial charge in [-0.3, -0.25) is 0 Å². The van der Waals surface area contributed by atoms with Crippen LogP contribution in [0.15, 0.2) is 17.0 Å². The van der Waals surface area contributed by atoms with Gasteiger partial charge in [-0.25, -0.2) is 13.1 Å². The number of halogens is 2. The Bertz CT molecular complexity index is 572. The molecule has 0 bridgehead atoms. The summed E-state index contributed by atoms with van der Waals surface area (Å²) in [6, 6.07) is 2.80. The van der Waals surface area contributed by atoms with Gasteiger partial charge in [-0.1, -0.05) is 23.2 Å². The average Bonchev–Trinajstić information content (AvgIpc) is 2.86. The van der Waals surface area contributed by atoms with E-state index in [1.165, 1.54) is 12.1 Å². The van der Waals surface area contributed by atoms with Gasteiger partial charge in [-0.2, -0.15) is 11.8 Å². The minimum absolute atomic E-state index is 0.0286. The first-order valence-corrected chi connectivity index (χ1v) is 9.05. The van der Waals surface area contributed by atoms with Gasteiger partial charge in [0.25, 0.3) is 0 Å². The fraction of sp³-hybridized carbons (Fsp3) is 0.455. The summed E-state index contributed by atoms with van der Waals surface area (Å²) in [4.78, 5) is -0.0286. The molecule has 0 spiro atoms. The van der Waals surface area contributed by atoms with Crippen LogP contribution in [0.3, 0.4) is 0 Å². The number of sulfonamides is 1. The van der Waals surface area contributed by atoms with Crippen LogP contribution in [0, 0.1) is 0 Å². The first-order valence-electron chi connectivity index (χ1n) is 5.76. The number of benzene rings is 1. The lowest BCUT2D eigenvalue weighted by atomic mass is 10.2. The molecule has 1 aromatic carbocycles. The Morgan fingerprint density at radius 1 is 1.42 bits per heavy atom. The molecule has 1 heterocycles. The van der Waals surface area contributed by atoms with Crippen LogP contribution in [-0.4, -0.2) is 26.0 Å². The summed E-state index contributed by atoms with van der Waals surface area (Å²) in [7, 11) is -3.65. The number of hydrogen-bond donors (Lipinski definition) is 2. The highest BCUT2D eigenvalue weighted by molar-refractivity contribution is 8.00. The van der Waals surface area contributed by atoms with Gasteiger partial charge in [-0.05, 0) is 30.7 Å². The smallest absolute Gasteiger partial charge is 0.242 e. The van der Waals surface area contributed by atoms with Gasteiger partial charge in [0, 0.05) is 11.8 Å². The Labute approximate surface area is 127 Å². The van der Waals surface area contributed by atoms with Crippen LogP contribution in [-0.2, 0) is 10.0 Å². The van der Waals surface area contributed by atoms with Crippen LogP contribution in [0.4, 0.5) is 5.69 Å². The van der Waals surface area contributed by atoms with Crippen molar-refractivity contribution in [3.05, 3.63) is 22.2 Å². The predicted octanol–water partition coefficient (Wildman–Crippen LogP) is 2.75. The third-order valence-corrected chi connectivity index (χ3v) is 6.62. The highest BCUT2D eigenvalue weighted by atomic mass is 35.5. The lowest BCUT2D eigenvalue weighted by Crippen LogP contribution is -2.30. The number of thioether (sulfide) groups is 1. The van der Waals surface area contributed by atoms with Gasteiger partial charge in [0.1, 0.15) is 4.90 Å². The zero-order valence-electron chi connectivity index (χ0n) is 10.0. The predicted molar refractivity (Wildman–Crippen MR) is 81.5 cm³/mol. The number of rotatable bonds is 4. The minimum atomic E-state index is -3.65. The summed E-state index contributed by atoms with van der Waals surface area (Å²) < 4.78 is 26.9. The number of hydrogen-bond acceptors (Lipinski definition) is 4. The van der Waals surface area contributed by atoms with E-state index in [1.54, 1.807) is 11.8 Å².